The number of halogens is 2. The van der Waals surface area contributed by atoms with E-state index in [-0.39, 0.29) is 11.6 Å². The average molecular weight is 378 g/mol. The van der Waals surface area contributed by atoms with Crippen LogP contribution in [0.4, 0.5) is 15.8 Å². The van der Waals surface area contributed by atoms with Crippen LogP contribution in [0.1, 0.15) is 15.9 Å². The SMILES string of the molecule is Cc1cc([N+](=O)[O-])cc(Cl)c1N1CCN(C(=O)c2cccc(F)c2)CC1. The zero-order chi connectivity index (χ0) is 18.8. The van der Waals surface area contributed by atoms with Crippen LogP contribution < -0.4 is 4.90 Å². The summed E-state index contributed by atoms with van der Waals surface area (Å²) in [6, 6.07) is 8.47. The molecule has 0 atom stereocenters. The van der Waals surface area contributed by atoms with Gasteiger partial charge in [-0.1, -0.05) is 17.7 Å². The van der Waals surface area contributed by atoms with Crippen molar-refractivity contribution in [3.05, 3.63) is 68.5 Å². The van der Waals surface area contributed by atoms with E-state index in [1.54, 1.807) is 17.9 Å². The molecule has 1 heterocycles. The monoisotopic (exact) mass is 377 g/mol. The molecule has 2 aromatic rings. The van der Waals surface area contributed by atoms with Gasteiger partial charge in [0.15, 0.2) is 0 Å². The van der Waals surface area contributed by atoms with Crippen LogP contribution in [0.2, 0.25) is 5.02 Å². The number of amides is 1. The second kappa shape index (κ2) is 7.29. The maximum Gasteiger partial charge on any atom is 0.271 e. The van der Waals surface area contributed by atoms with E-state index < -0.39 is 10.7 Å². The first-order valence-electron chi connectivity index (χ1n) is 8.11. The van der Waals surface area contributed by atoms with Crippen molar-refractivity contribution < 1.29 is 14.1 Å². The zero-order valence-electron chi connectivity index (χ0n) is 14.1. The molecule has 6 nitrogen and oxygen atoms in total. The molecular weight excluding hydrogens is 361 g/mol. The number of nitrogens with zero attached hydrogens (tertiary/aromatic N) is 3. The van der Waals surface area contributed by atoms with Crippen molar-refractivity contribution in [3.8, 4) is 0 Å². The molecule has 1 saturated heterocycles. The Hall–Kier alpha value is -2.67. The Kier molecular flexibility index (Phi) is 5.08. The number of hydrogen-bond donors (Lipinski definition) is 0. The highest BCUT2D eigenvalue weighted by Gasteiger charge is 2.25. The Labute approximate surface area is 154 Å². The number of carbonyl (C=O) groups is 1. The van der Waals surface area contributed by atoms with Crippen LogP contribution in [-0.2, 0) is 0 Å². The van der Waals surface area contributed by atoms with Crippen molar-refractivity contribution >= 4 is 28.9 Å². The molecule has 3 rings (SSSR count). The van der Waals surface area contributed by atoms with Gasteiger partial charge in [-0.2, -0.15) is 0 Å². The summed E-state index contributed by atoms with van der Waals surface area (Å²) >= 11 is 6.26. The fourth-order valence-electron chi connectivity index (χ4n) is 3.16. The molecule has 1 aliphatic rings. The Bertz CT molecular complexity index is 844. The molecular formula is C18H17ClFN3O3. The summed E-state index contributed by atoms with van der Waals surface area (Å²) in [5.41, 5.74) is 1.74. The molecule has 1 amide bonds. The minimum atomic E-state index is -0.474. The largest absolute Gasteiger partial charge is 0.367 e. The lowest BCUT2D eigenvalue weighted by molar-refractivity contribution is -0.384. The van der Waals surface area contributed by atoms with E-state index in [4.69, 9.17) is 11.6 Å². The Balaban J connectivity index is 1.73. The van der Waals surface area contributed by atoms with E-state index in [0.29, 0.717) is 42.3 Å². The lowest BCUT2D eigenvalue weighted by atomic mass is 10.1. The van der Waals surface area contributed by atoms with Gasteiger partial charge in [-0.25, -0.2) is 4.39 Å². The predicted octanol–water partition coefficient (Wildman–Crippen LogP) is 3.66. The van der Waals surface area contributed by atoms with Crippen LogP contribution in [0.3, 0.4) is 0 Å². The fourth-order valence-corrected chi connectivity index (χ4v) is 3.54. The molecule has 0 aromatic heterocycles. The van der Waals surface area contributed by atoms with E-state index in [1.165, 1.54) is 30.3 Å². The molecule has 0 saturated carbocycles. The highest BCUT2D eigenvalue weighted by Crippen LogP contribution is 2.34. The number of aryl methyl sites for hydroxylation is 1. The molecule has 26 heavy (non-hydrogen) atoms. The lowest BCUT2D eigenvalue weighted by Gasteiger charge is -2.37. The first-order valence-corrected chi connectivity index (χ1v) is 8.49. The molecule has 136 valence electrons. The third kappa shape index (κ3) is 3.62. The van der Waals surface area contributed by atoms with Gasteiger partial charge < -0.3 is 9.80 Å². The molecule has 0 bridgehead atoms. The summed E-state index contributed by atoms with van der Waals surface area (Å²) in [5, 5.41) is 11.3. The Morgan fingerprint density at radius 2 is 1.88 bits per heavy atom. The number of piperazine rings is 1. The standard InChI is InChI=1S/C18H17ClFN3O3/c1-12-9-15(23(25)26)11-16(19)17(12)21-5-7-22(8-6-21)18(24)13-3-2-4-14(20)10-13/h2-4,9-11H,5-8H2,1H3. The molecule has 0 radical (unpaired) electrons. The smallest absolute Gasteiger partial charge is 0.271 e. The predicted molar refractivity (Wildman–Crippen MR) is 97.4 cm³/mol. The number of non-ortho nitro benzene ring substituents is 1. The van der Waals surface area contributed by atoms with Crippen molar-refractivity contribution in [2.24, 2.45) is 0 Å². The van der Waals surface area contributed by atoms with E-state index >= 15 is 0 Å². The van der Waals surface area contributed by atoms with Crippen LogP contribution in [0.15, 0.2) is 36.4 Å². The van der Waals surface area contributed by atoms with Crippen LogP contribution in [0.25, 0.3) is 0 Å². The first-order chi connectivity index (χ1) is 12.4. The third-order valence-electron chi connectivity index (χ3n) is 4.40. The van der Waals surface area contributed by atoms with Gasteiger partial charge >= 0.3 is 0 Å². The Morgan fingerprint density at radius 1 is 1.19 bits per heavy atom. The summed E-state index contributed by atoms with van der Waals surface area (Å²) in [6.07, 6.45) is 0. The Morgan fingerprint density at radius 3 is 2.46 bits per heavy atom. The van der Waals surface area contributed by atoms with Crippen molar-refractivity contribution in [2.75, 3.05) is 31.1 Å². The highest BCUT2D eigenvalue weighted by atomic mass is 35.5. The highest BCUT2D eigenvalue weighted by molar-refractivity contribution is 6.33. The molecule has 2 aromatic carbocycles. The van der Waals surface area contributed by atoms with E-state index in [2.05, 4.69) is 0 Å². The summed E-state index contributed by atoms with van der Waals surface area (Å²) in [6.45, 7) is 3.78. The maximum atomic E-state index is 13.3. The average Bonchev–Trinajstić information content (AvgIpc) is 2.61. The first kappa shape index (κ1) is 18.1. The van der Waals surface area contributed by atoms with E-state index in [1.807, 2.05) is 4.90 Å². The van der Waals surface area contributed by atoms with Crippen LogP contribution in [0.5, 0.6) is 0 Å². The van der Waals surface area contributed by atoms with Crippen molar-refractivity contribution in [1.82, 2.24) is 4.90 Å². The number of anilines is 1. The minimum absolute atomic E-state index is 0.0452. The van der Waals surface area contributed by atoms with Gasteiger partial charge in [0.25, 0.3) is 11.6 Å². The second-order valence-corrected chi connectivity index (χ2v) is 6.55. The van der Waals surface area contributed by atoms with Gasteiger partial charge in [0.1, 0.15) is 5.82 Å². The normalized spacial score (nSPS) is 14.4. The molecule has 0 aliphatic carbocycles. The molecule has 1 fully saturated rings. The van der Waals surface area contributed by atoms with Gasteiger partial charge in [0.05, 0.1) is 15.6 Å². The maximum absolute atomic E-state index is 13.3. The number of hydrogen-bond acceptors (Lipinski definition) is 4. The van der Waals surface area contributed by atoms with Crippen LogP contribution in [0, 0.1) is 22.9 Å². The van der Waals surface area contributed by atoms with Crippen LogP contribution in [-0.4, -0.2) is 41.9 Å². The molecule has 0 unspecified atom stereocenters. The van der Waals surface area contributed by atoms with E-state index in [0.717, 1.165) is 5.69 Å². The van der Waals surface area contributed by atoms with Gasteiger partial charge in [0.2, 0.25) is 0 Å². The topological polar surface area (TPSA) is 66.7 Å². The third-order valence-corrected chi connectivity index (χ3v) is 4.69. The summed E-state index contributed by atoms with van der Waals surface area (Å²) in [4.78, 5) is 26.6. The number of nitro groups is 1. The van der Waals surface area contributed by atoms with Gasteiger partial charge in [-0.05, 0) is 30.7 Å². The summed E-state index contributed by atoms with van der Waals surface area (Å²) in [7, 11) is 0. The number of rotatable bonds is 3. The molecule has 8 heteroatoms. The van der Waals surface area contributed by atoms with Crippen LogP contribution >= 0.6 is 11.6 Å². The summed E-state index contributed by atoms with van der Waals surface area (Å²) in [5.74, 6) is -0.654. The van der Waals surface area contributed by atoms with Crippen molar-refractivity contribution in [3.63, 3.8) is 0 Å². The van der Waals surface area contributed by atoms with Crippen molar-refractivity contribution in [1.29, 1.82) is 0 Å². The van der Waals surface area contributed by atoms with Gasteiger partial charge in [0, 0.05) is 43.9 Å². The lowest BCUT2D eigenvalue weighted by Crippen LogP contribution is -2.49. The zero-order valence-corrected chi connectivity index (χ0v) is 14.9. The van der Waals surface area contributed by atoms with Gasteiger partial charge in [-0.15, -0.1) is 0 Å². The molecule has 1 aliphatic heterocycles. The van der Waals surface area contributed by atoms with Gasteiger partial charge in [-0.3, -0.25) is 14.9 Å². The fraction of sp³-hybridized carbons (Fsp3) is 0.278. The molecule has 0 N–H and O–H groups in total. The second-order valence-electron chi connectivity index (χ2n) is 6.14. The van der Waals surface area contributed by atoms with Crippen molar-refractivity contribution in [2.45, 2.75) is 6.92 Å². The minimum Gasteiger partial charge on any atom is -0.367 e. The number of benzene rings is 2. The number of carbonyl (C=O) groups excluding carboxylic acids is 1. The van der Waals surface area contributed by atoms with E-state index in [9.17, 15) is 19.3 Å². The number of nitro benzene ring substituents is 1. The summed E-state index contributed by atoms with van der Waals surface area (Å²) < 4.78 is 13.3. The quantitative estimate of drug-likeness (QED) is 0.604. The molecule has 0 spiro atoms.